The number of piperazine rings is 1. The van der Waals surface area contributed by atoms with E-state index in [9.17, 15) is 14.4 Å². The van der Waals surface area contributed by atoms with Crippen LogP contribution in [0.25, 0.3) is 0 Å². The third-order valence-electron chi connectivity index (χ3n) is 2.99. The van der Waals surface area contributed by atoms with Gasteiger partial charge in [-0.15, -0.1) is 12.4 Å². The number of urea groups is 1. The van der Waals surface area contributed by atoms with Crippen molar-refractivity contribution in [2.45, 2.75) is 0 Å². The second-order valence-electron chi connectivity index (χ2n) is 4.25. The highest BCUT2D eigenvalue weighted by Gasteiger charge is 2.35. The highest BCUT2D eigenvalue weighted by molar-refractivity contribution is 6.04. The topological polar surface area (TPSA) is 73.0 Å². The number of rotatable bonds is 2. The van der Waals surface area contributed by atoms with Crippen LogP contribution in [-0.4, -0.2) is 78.9 Å². The van der Waals surface area contributed by atoms with Crippen LogP contribution in [0.5, 0.6) is 0 Å². The first-order valence-electron chi connectivity index (χ1n) is 5.63. The van der Waals surface area contributed by atoms with Crippen molar-refractivity contribution >= 4 is 30.3 Å². The van der Waals surface area contributed by atoms with Gasteiger partial charge in [-0.2, -0.15) is 0 Å². The van der Waals surface area contributed by atoms with Gasteiger partial charge in [0.1, 0.15) is 13.1 Å². The van der Waals surface area contributed by atoms with Crippen LogP contribution in [0.4, 0.5) is 4.79 Å². The van der Waals surface area contributed by atoms with Crippen molar-refractivity contribution in [1.29, 1.82) is 0 Å². The Balaban J connectivity index is 0.00000162. The van der Waals surface area contributed by atoms with Crippen LogP contribution < -0.4 is 5.32 Å². The molecule has 2 fully saturated rings. The second-order valence-corrected chi connectivity index (χ2v) is 4.25. The number of likely N-dealkylation sites (N-methyl/N-ethyl adjacent to an activating group) is 1. The Kier molecular flexibility index (Phi) is 4.92. The number of carbonyl (C=O) groups is 3. The van der Waals surface area contributed by atoms with E-state index in [4.69, 9.17) is 0 Å². The minimum Gasteiger partial charge on any atom is -0.339 e. The van der Waals surface area contributed by atoms with Gasteiger partial charge >= 0.3 is 6.03 Å². The monoisotopic (exact) mass is 276 g/mol. The number of halogens is 1. The Morgan fingerprint density at radius 1 is 1.28 bits per heavy atom. The van der Waals surface area contributed by atoms with Crippen LogP contribution in [-0.2, 0) is 9.59 Å². The zero-order valence-electron chi connectivity index (χ0n) is 10.2. The van der Waals surface area contributed by atoms with Gasteiger partial charge < -0.3 is 15.1 Å². The van der Waals surface area contributed by atoms with Crippen LogP contribution in [0.3, 0.4) is 0 Å². The largest absolute Gasteiger partial charge is 0.339 e. The van der Waals surface area contributed by atoms with E-state index >= 15 is 0 Å². The van der Waals surface area contributed by atoms with E-state index in [1.807, 2.05) is 0 Å². The van der Waals surface area contributed by atoms with Crippen molar-refractivity contribution in [2.24, 2.45) is 0 Å². The molecular weight excluding hydrogens is 260 g/mol. The van der Waals surface area contributed by atoms with Gasteiger partial charge in [0.15, 0.2) is 0 Å². The molecule has 2 heterocycles. The van der Waals surface area contributed by atoms with E-state index in [1.165, 1.54) is 4.90 Å². The molecule has 0 atom stereocenters. The molecule has 0 bridgehead atoms. The first-order chi connectivity index (χ1) is 8.09. The summed E-state index contributed by atoms with van der Waals surface area (Å²) in [5.74, 6) is -0.468. The molecular formula is C10H17ClN4O3. The number of hydrogen-bond donors (Lipinski definition) is 1. The average molecular weight is 277 g/mol. The zero-order chi connectivity index (χ0) is 12.4. The second kappa shape index (κ2) is 6.01. The third-order valence-corrected chi connectivity index (χ3v) is 2.99. The summed E-state index contributed by atoms with van der Waals surface area (Å²) in [6.07, 6.45) is 0. The van der Waals surface area contributed by atoms with Crippen molar-refractivity contribution in [1.82, 2.24) is 20.0 Å². The first kappa shape index (κ1) is 14.7. The smallest absolute Gasteiger partial charge is 0.327 e. The molecule has 8 heteroatoms. The number of hydrogen-bond acceptors (Lipinski definition) is 4. The van der Waals surface area contributed by atoms with Gasteiger partial charge in [-0.05, 0) is 0 Å². The van der Waals surface area contributed by atoms with Crippen molar-refractivity contribution in [2.75, 3.05) is 46.3 Å². The summed E-state index contributed by atoms with van der Waals surface area (Å²) in [6.45, 7) is 2.70. The maximum absolute atomic E-state index is 11.9. The quantitative estimate of drug-likeness (QED) is 0.639. The molecule has 7 nitrogen and oxygen atoms in total. The maximum Gasteiger partial charge on any atom is 0.327 e. The van der Waals surface area contributed by atoms with Gasteiger partial charge in [-0.25, -0.2) is 4.79 Å². The molecule has 0 aliphatic carbocycles. The molecule has 0 unspecified atom stereocenters. The number of nitrogens with one attached hydrogen (secondary N) is 1. The summed E-state index contributed by atoms with van der Waals surface area (Å²) in [6, 6.07) is -0.390. The lowest BCUT2D eigenvalue weighted by atomic mass is 10.3. The molecule has 1 N–H and O–H groups in total. The summed E-state index contributed by atoms with van der Waals surface area (Å²) in [4.78, 5) is 39.0. The fraction of sp³-hybridized carbons (Fsp3) is 0.700. The van der Waals surface area contributed by atoms with Gasteiger partial charge in [0.05, 0.1) is 0 Å². The molecule has 0 saturated carbocycles. The first-order valence-corrected chi connectivity index (χ1v) is 5.63. The third kappa shape index (κ3) is 2.91. The number of amides is 4. The van der Waals surface area contributed by atoms with Gasteiger partial charge in [-0.1, -0.05) is 0 Å². The Bertz CT molecular complexity index is 357. The van der Waals surface area contributed by atoms with Gasteiger partial charge in [-0.3, -0.25) is 14.5 Å². The minimum atomic E-state index is -0.390. The molecule has 18 heavy (non-hydrogen) atoms. The molecule has 2 saturated heterocycles. The van der Waals surface area contributed by atoms with Gasteiger partial charge in [0, 0.05) is 33.2 Å². The van der Waals surface area contributed by atoms with Crippen molar-refractivity contribution in [3.63, 3.8) is 0 Å². The van der Waals surface area contributed by atoms with Crippen LogP contribution >= 0.6 is 12.4 Å². The van der Waals surface area contributed by atoms with E-state index < -0.39 is 6.03 Å². The van der Waals surface area contributed by atoms with Crippen molar-refractivity contribution in [3.05, 3.63) is 0 Å². The predicted octanol–water partition coefficient (Wildman–Crippen LogP) is -1.27. The van der Waals surface area contributed by atoms with Crippen LogP contribution in [0, 0.1) is 0 Å². The fourth-order valence-electron chi connectivity index (χ4n) is 1.97. The fourth-order valence-corrected chi connectivity index (χ4v) is 1.97. The van der Waals surface area contributed by atoms with E-state index in [2.05, 4.69) is 5.32 Å². The Morgan fingerprint density at radius 3 is 2.39 bits per heavy atom. The molecule has 0 aromatic heterocycles. The lowest BCUT2D eigenvalue weighted by Gasteiger charge is -2.28. The molecule has 0 radical (unpaired) electrons. The molecule has 0 aromatic carbocycles. The van der Waals surface area contributed by atoms with Crippen molar-refractivity contribution < 1.29 is 14.4 Å². The van der Waals surface area contributed by atoms with E-state index in [1.54, 1.807) is 11.9 Å². The molecule has 102 valence electrons. The molecule has 4 amide bonds. The molecule has 2 aliphatic rings. The zero-order valence-corrected chi connectivity index (χ0v) is 11.0. The summed E-state index contributed by atoms with van der Waals surface area (Å²) in [7, 11) is 1.55. The Morgan fingerprint density at radius 2 is 1.89 bits per heavy atom. The molecule has 0 aromatic rings. The molecule has 0 spiro atoms. The van der Waals surface area contributed by atoms with Crippen LogP contribution in [0.15, 0.2) is 0 Å². The van der Waals surface area contributed by atoms with Crippen LogP contribution in [0.1, 0.15) is 0 Å². The maximum atomic E-state index is 11.9. The SMILES string of the molecule is CN1CC(=O)N(CC(=O)N2CCNCC2)C1=O.Cl. The van der Waals surface area contributed by atoms with E-state index in [0.717, 1.165) is 18.0 Å². The Hall–Kier alpha value is -1.34. The average Bonchev–Trinajstić information content (AvgIpc) is 2.57. The summed E-state index contributed by atoms with van der Waals surface area (Å²) < 4.78 is 0. The summed E-state index contributed by atoms with van der Waals surface area (Å²) >= 11 is 0. The normalized spacial score (nSPS) is 20.2. The highest BCUT2D eigenvalue weighted by atomic mass is 35.5. The Labute approximate surface area is 111 Å². The summed E-state index contributed by atoms with van der Waals surface area (Å²) in [5.41, 5.74) is 0. The highest BCUT2D eigenvalue weighted by Crippen LogP contribution is 2.08. The van der Waals surface area contributed by atoms with Gasteiger partial charge in [0.2, 0.25) is 5.91 Å². The standard InChI is InChI=1S/C10H16N4O3.ClH/c1-12-6-9(16)14(10(12)17)7-8(15)13-4-2-11-3-5-13;/h11H,2-7H2,1H3;1H. The van der Waals surface area contributed by atoms with E-state index in [-0.39, 0.29) is 37.3 Å². The van der Waals surface area contributed by atoms with E-state index in [0.29, 0.717) is 13.1 Å². The predicted molar refractivity (Wildman–Crippen MR) is 66.4 cm³/mol. The van der Waals surface area contributed by atoms with Crippen LogP contribution in [0.2, 0.25) is 0 Å². The molecule has 2 rings (SSSR count). The van der Waals surface area contributed by atoms with Crippen molar-refractivity contribution in [3.8, 4) is 0 Å². The minimum absolute atomic E-state index is 0. The number of carbonyl (C=O) groups excluding carboxylic acids is 3. The lowest BCUT2D eigenvalue weighted by Crippen LogP contribution is -2.50. The lowest BCUT2D eigenvalue weighted by molar-refractivity contribution is -0.136. The van der Waals surface area contributed by atoms with Gasteiger partial charge in [0.25, 0.3) is 5.91 Å². The molecule has 2 aliphatic heterocycles. The summed E-state index contributed by atoms with van der Waals surface area (Å²) in [5, 5.41) is 3.14. The number of nitrogens with zero attached hydrogens (tertiary/aromatic N) is 3. The number of imide groups is 1.